The average molecular weight is 212 g/mol. The van der Waals surface area contributed by atoms with Crippen molar-refractivity contribution in [3.8, 4) is 0 Å². The minimum Gasteiger partial charge on any atom is -0.329 e. The van der Waals surface area contributed by atoms with Gasteiger partial charge in [0.2, 0.25) is 0 Å². The maximum absolute atomic E-state index is 5.96. The Hall–Kier alpha value is -0.0800. The number of rotatable bonds is 8. The van der Waals surface area contributed by atoms with Gasteiger partial charge in [0.05, 0.1) is 0 Å². The molecule has 15 heavy (non-hydrogen) atoms. The normalized spacial score (nSPS) is 18.8. The summed E-state index contributed by atoms with van der Waals surface area (Å²) in [7, 11) is 0. The van der Waals surface area contributed by atoms with Crippen molar-refractivity contribution in [3.63, 3.8) is 0 Å². The molecule has 1 atom stereocenters. The highest BCUT2D eigenvalue weighted by Gasteiger charge is 2.29. The van der Waals surface area contributed by atoms with E-state index in [0.717, 1.165) is 24.9 Å². The second kappa shape index (κ2) is 6.49. The van der Waals surface area contributed by atoms with Crippen LogP contribution in [0.5, 0.6) is 0 Å². The zero-order valence-electron chi connectivity index (χ0n) is 10.7. The van der Waals surface area contributed by atoms with Crippen LogP contribution < -0.4 is 5.73 Å². The lowest BCUT2D eigenvalue weighted by Crippen LogP contribution is -2.46. The van der Waals surface area contributed by atoms with Gasteiger partial charge in [0, 0.05) is 19.1 Å². The van der Waals surface area contributed by atoms with Crippen molar-refractivity contribution in [1.82, 2.24) is 4.90 Å². The lowest BCUT2D eigenvalue weighted by atomic mass is 9.92. The summed E-state index contributed by atoms with van der Waals surface area (Å²) >= 11 is 0. The molecule has 0 spiro atoms. The van der Waals surface area contributed by atoms with Gasteiger partial charge < -0.3 is 5.73 Å². The summed E-state index contributed by atoms with van der Waals surface area (Å²) in [5, 5.41) is 0. The Labute approximate surface area is 95.2 Å². The molecule has 2 heteroatoms. The molecule has 2 nitrogen and oxygen atoms in total. The molecule has 90 valence electrons. The molecule has 0 aromatic carbocycles. The Balaban J connectivity index is 2.50. The molecule has 0 aromatic rings. The van der Waals surface area contributed by atoms with Gasteiger partial charge in [-0.1, -0.05) is 33.6 Å². The molecule has 2 N–H and O–H groups in total. The molecular weight excluding hydrogens is 184 g/mol. The summed E-state index contributed by atoms with van der Waals surface area (Å²) in [6, 6.07) is 0.616. The highest BCUT2D eigenvalue weighted by molar-refractivity contribution is 4.84. The summed E-state index contributed by atoms with van der Waals surface area (Å²) < 4.78 is 0. The fraction of sp³-hybridized carbons (Fsp3) is 1.00. The Morgan fingerprint density at radius 1 is 1.20 bits per heavy atom. The fourth-order valence-electron chi connectivity index (χ4n) is 2.60. The second-order valence-electron chi connectivity index (χ2n) is 4.91. The molecule has 1 rings (SSSR count). The van der Waals surface area contributed by atoms with Crippen LogP contribution in [0.4, 0.5) is 0 Å². The van der Waals surface area contributed by atoms with Crippen molar-refractivity contribution in [2.75, 3.05) is 19.6 Å². The van der Waals surface area contributed by atoms with Gasteiger partial charge >= 0.3 is 0 Å². The fourth-order valence-corrected chi connectivity index (χ4v) is 2.60. The van der Waals surface area contributed by atoms with E-state index in [4.69, 9.17) is 5.73 Å². The lowest BCUT2D eigenvalue weighted by Gasteiger charge is -2.35. The molecule has 1 aliphatic carbocycles. The minimum atomic E-state index is 0.616. The van der Waals surface area contributed by atoms with E-state index >= 15 is 0 Å². The van der Waals surface area contributed by atoms with Crippen molar-refractivity contribution >= 4 is 0 Å². The minimum absolute atomic E-state index is 0.616. The smallest absolute Gasteiger partial charge is 0.0246 e. The van der Waals surface area contributed by atoms with Crippen molar-refractivity contribution in [3.05, 3.63) is 0 Å². The topological polar surface area (TPSA) is 29.3 Å². The summed E-state index contributed by atoms with van der Waals surface area (Å²) in [6.07, 6.45) is 5.41. The summed E-state index contributed by atoms with van der Waals surface area (Å²) in [4.78, 5) is 2.62. The van der Waals surface area contributed by atoms with Crippen LogP contribution in [-0.2, 0) is 0 Å². The predicted molar refractivity (Wildman–Crippen MR) is 66.9 cm³/mol. The van der Waals surface area contributed by atoms with E-state index < -0.39 is 0 Å². The number of nitrogens with two attached hydrogens (primary N) is 1. The van der Waals surface area contributed by atoms with E-state index in [1.807, 2.05) is 0 Å². The van der Waals surface area contributed by atoms with Crippen molar-refractivity contribution in [1.29, 1.82) is 0 Å². The van der Waals surface area contributed by atoms with Gasteiger partial charge in [-0.05, 0) is 31.2 Å². The maximum atomic E-state index is 5.96. The van der Waals surface area contributed by atoms with Crippen LogP contribution in [-0.4, -0.2) is 30.6 Å². The molecule has 1 aliphatic rings. The van der Waals surface area contributed by atoms with E-state index in [2.05, 4.69) is 25.7 Å². The first-order valence-corrected chi connectivity index (χ1v) is 6.70. The molecule has 1 saturated carbocycles. The van der Waals surface area contributed by atoms with Crippen LogP contribution in [0.1, 0.15) is 46.5 Å². The Morgan fingerprint density at radius 2 is 1.80 bits per heavy atom. The van der Waals surface area contributed by atoms with Crippen molar-refractivity contribution in [2.24, 2.45) is 17.6 Å². The van der Waals surface area contributed by atoms with Gasteiger partial charge in [-0.2, -0.15) is 0 Å². The Bertz CT molecular complexity index is 162. The van der Waals surface area contributed by atoms with Crippen LogP contribution in [0.2, 0.25) is 0 Å². The molecule has 0 amide bonds. The maximum Gasteiger partial charge on any atom is 0.0246 e. The Morgan fingerprint density at radius 3 is 2.13 bits per heavy atom. The zero-order valence-corrected chi connectivity index (χ0v) is 10.7. The average Bonchev–Trinajstić information content (AvgIpc) is 3.07. The van der Waals surface area contributed by atoms with Gasteiger partial charge in [0.1, 0.15) is 0 Å². The van der Waals surface area contributed by atoms with E-state index in [1.165, 1.54) is 32.2 Å². The molecule has 0 bridgehead atoms. The van der Waals surface area contributed by atoms with Gasteiger partial charge in [0.25, 0.3) is 0 Å². The number of nitrogens with zero attached hydrogens (tertiary/aromatic N) is 1. The highest BCUT2D eigenvalue weighted by Crippen LogP contribution is 2.31. The third kappa shape index (κ3) is 3.76. The third-order valence-corrected chi connectivity index (χ3v) is 3.90. The number of likely N-dealkylation sites (N-methyl/N-ethyl adjacent to an activating group) is 1. The predicted octanol–water partition coefficient (Wildman–Crippen LogP) is 2.48. The standard InChI is InChI=1S/C13H28N2/c1-4-12(5-2)13(9-14)15(6-3)10-11-7-8-11/h11-13H,4-10,14H2,1-3H3. The number of hydrogen-bond donors (Lipinski definition) is 1. The molecule has 1 unspecified atom stereocenters. The summed E-state index contributed by atoms with van der Waals surface area (Å²) in [5.41, 5.74) is 5.96. The van der Waals surface area contributed by atoms with Crippen LogP contribution in [0, 0.1) is 11.8 Å². The van der Waals surface area contributed by atoms with Crippen molar-refractivity contribution < 1.29 is 0 Å². The Kier molecular flexibility index (Phi) is 5.62. The summed E-state index contributed by atoms with van der Waals surface area (Å²) in [5.74, 6) is 1.77. The van der Waals surface area contributed by atoms with Gasteiger partial charge in [0.15, 0.2) is 0 Å². The van der Waals surface area contributed by atoms with Gasteiger partial charge in [-0.15, -0.1) is 0 Å². The van der Waals surface area contributed by atoms with E-state index in [9.17, 15) is 0 Å². The molecule has 1 fully saturated rings. The van der Waals surface area contributed by atoms with Crippen LogP contribution in [0.3, 0.4) is 0 Å². The van der Waals surface area contributed by atoms with E-state index in [0.29, 0.717) is 6.04 Å². The quantitative estimate of drug-likeness (QED) is 0.670. The number of hydrogen-bond acceptors (Lipinski definition) is 2. The van der Waals surface area contributed by atoms with Gasteiger partial charge in [-0.3, -0.25) is 4.90 Å². The van der Waals surface area contributed by atoms with Crippen LogP contribution in [0.15, 0.2) is 0 Å². The molecule has 0 radical (unpaired) electrons. The molecular formula is C13H28N2. The molecule has 0 saturated heterocycles. The molecule has 0 aromatic heterocycles. The zero-order chi connectivity index (χ0) is 11.3. The van der Waals surface area contributed by atoms with Crippen LogP contribution >= 0.6 is 0 Å². The van der Waals surface area contributed by atoms with E-state index in [1.54, 1.807) is 0 Å². The second-order valence-corrected chi connectivity index (χ2v) is 4.91. The SMILES string of the molecule is CCC(CC)C(CN)N(CC)CC1CC1. The first-order valence-electron chi connectivity index (χ1n) is 6.70. The lowest BCUT2D eigenvalue weighted by molar-refractivity contribution is 0.140. The highest BCUT2D eigenvalue weighted by atomic mass is 15.2. The first kappa shape index (κ1) is 13.0. The largest absolute Gasteiger partial charge is 0.329 e. The molecule has 0 heterocycles. The van der Waals surface area contributed by atoms with E-state index in [-0.39, 0.29) is 0 Å². The first-order chi connectivity index (χ1) is 7.26. The van der Waals surface area contributed by atoms with Gasteiger partial charge in [-0.25, -0.2) is 0 Å². The van der Waals surface area contributed by atoms with Crippen LogP contribution in [0.25, 0.3) is 0 Å². The molecule has 0 aliphatic heterocycles. The van der Waals surface area contributed by atoms with Crippen molar-refractivity contribution in [2.45, 2.75) is 52.5 Å². The third-order valence-electron chi connectivity index (χ3n) is 3.90. The monoisotopic (exact) mass is 212 g/mol. The summed E-state index contributed by atoms with van der Waals surface area (Å²) in [6.45, 7) is 10.1.